The van der Waals surface area contributed by atoms with Gasteiger partial charge in [-0.25, -0.2) is 0 Å². The van der Waals surface area contributed by atoms with E-state index in [1.165, 1.54) is 0 Å². The van der Waals surface area contributed by atoms with Gasteiger partial charge in [0.15, 0.2) is 0 Å². The SMILES string of the molecule is CCCCc1cc(O)c(C)cc1CC(CCSCCC(Cc1cc(C)c(O)cc1CCCC)C(=O)O)C(=O)O. The van der Waals surface area contributed by atoms with E-state index in [2.05, 4.69) is 13.8 Å². The molecule has 0 saturated heterocycles. The Morgan fingerprint density at radius 2 is 1.08 bits per heavy atom. The molecule has 2 atom stereocenters. The maximum Gasteiger partial charge on any atom is 0.306 e. The predicted octanol–water partition coefficient (Wildman–Crippen LogP) is 7.10. The molecule has 0 amide bonds. The van der Waals surface area contributed by atoms with Gasteiger partial charge in [0.1, 0.15) is 11.5 Å². The van der Waals surface area contributed by atoms with Gasteiger partial charge in [-0.1, -0.05) is 38.8 Å². The van der Waals surface area contributed by atoms with Crippen molar-refractivity contribution in [3.05, 3.63) is 57.6 Å². The fraction of sp³-hybridized carbons (Fsp3) is 0.562. The topological polar surface area (TPSA) is 115 Å². The van der Waals surface area contributed by atoms with Crippen molar-refractivity contribution in [2.24, 2.45) is 11.8 Å². The molecule has 0 aliphatic carbocycles. The minimum absolute atomic E-state index is 0.250. The fourth-order valence-corrected chi connectivity index (χ4v) is 6.00. The van der Waals surface area contributed by atoms with Crippen LogP contribution in [-0.4, -0.2) is 43.9 Å². The second-order valence-electron chi connectivity index (χ2n) is 10.7. The number of aliphatic carboxylic acids is 2. The van der Waals surface area contributed by atoms with Gasteiger partial charge in [0.2, 0.25) is 0 Å². The number of carbonyl (C=O) groups is 2. The van der Waals surface area contributed by atoms with E-state index < -0.39 is 23.8 Å². The Morgan fingerprint density at radius 3 is 1.41 bits per heavy atom. The van der Waals surface area contributed by atoms with Gasteiger partial charge >= 0.3 is 11.9 Å². The van der Waals surface area contributed by atoms with Crippen molar-refractivity contribution in [3.63, 3.8) is 0 Å². The van der Waals surface area contributed by atoms with Crippen LogP contribution in [0.15, 0.2) is 24.3 Å². The lowest BCUT2D eigenvalue weighted by Crippen LogP contribution is -2.19. The average Bonchev–Trinajstić information content (AvgIpc) is 2.88. The van der Waals surface area contributed by atoms with Crippen LogP contribution in [0.2, 0.25) is 0 Å². The number of carboxylic acid groups (broad SMARTS) is 2. The van der Waals surface area contributed by atoms with Crippen LogP contribution in [0, 0.1) is 25.7 Å². The zero-order chi connectivity index (χ0) is 28.9. The van der Waals surface area contributed by atoms with Gasteiger partial charge < -0.3 is 20.4 Å². The lowest BCUT2D eigenvalue weighted by atomic mass is 9.90. The van der Waals surface area contributed by atoms with Crippen LogP contribution >= 0.6 is 11.8 Å². The third kappa shape index (κ3) is 10.4. The van der Waals surface area contributed by atoms with Crippen LogP contribution in [0.4, 0.5) is 0 Å². The highest BCUT2D eigenvalue weighted by atomic mass is 32.2. The number of rotatable bonds is 18. The monoisotopic (exact) mass is 558 g/mol. The van der Waals surface area contributed by atoms with Crippen molar-refractivity contribution in [1.82, 2.24) is 0 Å². The zero-order valence-electron chi connectivity index (χ0n) is 24.0. The van der Waals surface area contributed by atoms with E-state index in [9.17, 15) is 30.0 Å². The molecule has 0 bridgehead atoms. The minimum atomic E-state index is -0.825. The Kier molecular flexibility index (Phi) is 13.7. The minimum Gasteiger partial charge on any atom is -0.508 e. The molecule has 7 heteroatoms. The summed E-state index contributed by atoms with van der Waals surface area (Å²) in [7, 11) is 0. The second kappa shape index (κ2) is 16.4. The van der Waals surface area contributed by atoms with Crippen LogP contribution in [0.1, 0.15) is 85.8 Å². The number of benzene rings is 2. The molecule has 0 radical (unpaired) electrons. The van der Waals surface area contributed by atoms with E-state index in [0.717, 1.165) is 71.9 Å². The summed E-state index contributed by atoms with van der Waals surface area (Å²) >= 11 is 1.61. The predicted molar refractivity (Wildman–Crippen MR) is 159 cm³/mol. The second-order valence-corrected chi connectivity index (χ2v) is 11.9. The van der Waals surface area contributed by atoms with Gasteiger partial charge in [0, 0.05) is 0 Å². The van der Waals surface area contributed by atoms with E-state index in [4.69, 9.17) is 0 Å². The Labute approximate surface area is 237 Å². The third-order valence-corrected chi connectivity index (χ3v) is 8.54. The number of thioether (sulfide) groups is 1. The van der Waals surface area contributed by atoms with Gasteiger partial charge in [-0.3, -0.25) is 9.59 Å². The summed E-state index contributed by atoms with van der Waals surface area (Å²) in [6, 6.07) is 7.40. The Balaban J connectivity index is 1.97. The number of aryl methyl sites for hydroxylation is 4. The van der Waals surface area contributed by atoms with Gasteiger partial charge in [-0.2, -0.15) is 11.8 Å². The van der Waals surface area contributed by atoms with Gasteiger partial charge in [-0.15, -0.1) is 0 Å². The first-order valence-corrected chi connectivity index (χ1v) is 15.4. The smallest absolute Gasteiger partial charge is 0.306 e. The van der Waals surface area contributed by atoms with Crippen LogP contribution in [-0.2, 0) is 35.3 Å². The molecular formula is C32H46O6S. The number of carboxylic acids is 2. The number of phenolic OH excluding ortho intramolecular Hbond substituents is 2. The van der Waals surface area contributed by atoms with Gasteiger partial charge in [0.25, 0.3) is 0 Å². The van der Waals surface area contributed by atoms with E-state index in [1.807, 2.05) is 26.0 Å². The number of unbranched alkanes of at least 4 members (excludes halogenated alkanes) is 2. The summed E-state index contributed by atoms with van der Waals surface area (Å²) < 4.78 is 0. The molecule has 0 aliphatic rings. The lowest BCUT2D eigenvalue weighted by Gasteiger charge is -2.18. The number of hydrogen-bond donors (Lipinski definition) is 4. The summed E-state index contributed by atoms with van der Waals surface area (Å²) in [4.78, 5) is 24.1. The molecular weight excluding hydrogens is 512 g/mol. The Hall–Kier alpha value is -2.67. The van der Waals surface area contributed by atoms with Crippen molar-refractivity contribution >= 4 is 23.7 Å². The highest BCUT2D eigenvalue weighted by molar-refractivity contribution is 7.99. The molecule has 0 fully saturated rings. The first kappa shape index (κ1) is 32.5. The molecule has 0 saturated carbocycles. The third-order valence-electron chi connectivity index (χ3n) is 7.49. The summed E-state index contributed by atoms with van der Waals surface area (Å²) in [6.45, 7) is 7.88. The summed E-state index contributed by atoms with van der Waals surface area (Å²) in [5, 5.41) is 40.1. The number of phenols is 2. The largest absolute Gasteiger partial charge is 0.508 e. The Morgan fingerprint density at radius 1 is 0.692 bits per heavy atom. The molecule has 0 spiro atoms. The molecule has 39 heavy (non-hydrogen) atoms. The first-order chi connectivity index (χ1) is 18.6. The van der Waals surface area contributed by atoms with E-state index in [0.29, 0.717) is 37.2 Å². The highest BCUT2D eigenvalue weighted by Crippen LogP contribution is 2.29. The maximum atomic E-state index is 12.0. The van der Waals surface area contributed by atoms with Crippen molar-refractivity contribution < 1.29 is 30.0 Å². The van der Waals surface area contributed by atoms with Crippen LogP contribution in [0.3, 0.4) is 0 Å². The normalized spacial score (nSPS) is 12.8. The molecule has 2 rings (SSSR count). The molecule has 0 heterocycles. The Bertz CT molecular complexity index is 1010. The zero-order valence-corrected chi connectivity index (χ0v) is 24.8. The first-order valence-electron chi connectivity index (χ1n) is 14.2. The van der Waals surface area contributed by atoms with E-state index in [1.54, 1.807) is 23.9 Å². The van der Waals surface area contributed by atoms with Gasteiger partial charge in [-0.05, 0) is 122 Å². The maximum absolute atomic E-state index is 12.0. The molecule has 2 aromatic rings. The van der Waals surface area contributed by atoms with Crippen molar-refractivity contribution in [3.8, 4) is 11.5 Å². The van der Waals surface area contributed by atoms with Gasteiger partial charge in [0.05, 0.1) is 11.8 Å². The summed E-state index contributed by atoms with van der Waals surface area (Å²) in [5.41, 5.74) is 5.53. The fourth-order valence-electron chi connectivity index (χ4n) is 4.89. The van der Waals surface area contributed by atoms with Crippen molar-refractivity contribution in [1.29, 1.82) is 0 Å². The molecule has 6 nitrogen and oxygen atoms in total. The molecule has 0 aromatic heterocycles. The number of hydrogen-bond acceptors (Lipinski definition) is 5. The van der Waals surface area contributed by atoms with Crippen LogP contribution in [0.5, 0.6) is 11.5 Å². The van der Waals surface area contributed by atoms with Crippen molar-refractivity contribution in [2.45, 2.75) is 91.9 Å². The molecule has 2 unspecified atom stereocenters. The summed E-state index contributed by atoms with van der Waals surface area (Å²) in [6.07, 6.45) is 7.51. The summed E-state index contributed by atoms with van der Waals surface area (Å²) in [5.74, 6) is -0.922. The standard InChI is InChI=1S/C32H46O6S/c1-5-7-9-23-19-29(33)21(3)15-27(23)17-25(31(35)36)11-13-39-14-12-26(32(37)38)18-28-16-22(4)30(34)20-24(28)10-8-6-2/h15-16,19-20,25-26,33-34H,5-14,17-18H2,1-4H3,(H,35,36)(H,37,38). The van der Waals surface area contributed by atoms with Crippen molar-refractivity contribution in [2.75, 3.05) is 11.5 Å². The average molecular weight is 559 g/mol. The molecule has 4 N–H and O–H groups in total. The lowest BCUT2D eigenvalue weighted by molar-refractivity contribution is -0.142. The van der Waals surface area contributed by atoms with E-state index in [-0.39, 0.29) is 11.5 Å². The van der Waals surface area contributed by atoms with E-state index >= 15 is 0 Å². The highest BCUT2D eigenvalue weighted by Gasteiger charge is 2.22. The molecule has 0 aliphatic heterocycles. The molecule has 216 valence electrons. The van der Waals surface area contributed by atoms with Crippen LogP contribution in [0.25, 0.3) is 0 Å². The van der Waals surface area contributed by atoms with Crippen LogP contribution < -0.4 is 0 Å². The quantitative estimate of drug-likeness (QED) is 0.144. The number of aromatic hydroxyl groups is 2. The molecule has 2 aromatic carbocycles.